The molecule has 1 aliphatic heterocycles. The first-order valence-electron chi connectivity index (χ1n) is 7.03. The fraction of sp³-hybridized carbons (Fsp3) is 0.929. The Hall–Kier alpha value is -0.610. The fourth-order valence-electron chi connectivity index (χ4n) is 2.48. The molecule has 0 aliphatic carbocycles. The zero-order valence-electron chi connectivity index (χ0n) is 12.4. The quantitative estimate of drug-likeness (QED) is 0.746. The summed E-state index contributed by atoms with van der Waals surface area (Å²) >= 11 is 0. The van der Waals surface area contributed by atoms with Crippen molar-refractivity contribution < 1.29 is 4.79 Å². The molecule has 0 radical (unpaired) electrons. The van der Waals surface area contributed by atoms with Crippen molar-refractivity contribution in [2.75, 3.05) is 40.3 Å². The van der Waals surface area contributed by atoms with E-state index >= 15 is 0 Å². The SMILES string of the molecule is CNCC(C)(C)CNC(=O)CC1CCN(C)CC1. The van der Waals surface area contributed by atoms with E-state index in [1.54, 1.807) is 0 Å². The van der Waals surface area contributed by atoms with Crippen LogP contribution in [-0.4, -0.2) is 51.1 Å². The van der Waals surface area contributed by atoms with Gasteiger partial charge < -0.3 is 15.5 Å². The first kappa shape index (κ1) is 15.4. The lowest BCUT2D eigenvalue weighted by Crippen LogP contribution is -2.40. The topological polar surface area (TPSA) is 44.4 Å². The number of hydrogen-bond acceptors (Lipinski definition) is 3. The van der Waals surface area contributed by atoms with Gasteiger partial charge in [0.1, 0.15) is 0 Å². The summed E-state index contributed by atoms with van der Waals surface area (Å²) in [4.78, 5) is 14.2. The van der Waals surface area contributed by atoms with Crippen molar-refractivity contribution in [2.24, 2.45) is 11.3 Å². The molecule has 0 aromatic carbocycles. The molecule has 1 heterocycles. The predicted molar refractivity (Wildman–Crippen MR) is 75.6 cm³/mol. The third-order valence-electron chi connectivity index (χ3n) is 3.73. The van der Waals surface area contributed by atoms with Gasteiger partial charge in [-0.15, -0.1) is 0 Å². The summed E-state index contributed by atoms with van der Waals surface area (Å²) in [5.74, 6) is 0.794. The summed E-state index contributed by atoms with van der Waals surface area (Å²) in [6.07, 6.45) is 3.01. The van der Waals surface area contributed by atoms with Gasteiger partial charge in [0, 0.05) is 19.5 Å². The second-order valence-electron chi connectivity index (χ2n) is 6.42. The van der Waals surface area contributed by atoms with Gasteiger partial charge in [0.05, 0.1) is 0 Å². The molecule has 18 heavy (non-hydrogen) atoms. The Balaban J connectivity index is 2.21. The number of nitrogens with zero attached hydrogens (tertiary/aromatic N) is 1. The number of piperidine rings is 1. The highest BCUT2D eigenvalue weighted by Crippen LogP contribution is 2.19. The average Bonchev–Trinajstić information content (AvgIpc) is 2.30. The number of amides is 1. The van der Waals surface area contributed by atoms with Crippen LogP contribution in [0.5, 0.6) is 0 Å². The highest BCUT2D eigenvalue weighted by Gasteiger charge is 2.21. The van der Waals surface area contributed by atoms with Crippen molar-refractivity contribution in [1.29, 1.82) is 0 Å². The van der Waals surface area contributed by atoms with Gasteiger partial charge in [-0.25, -0.2) is 0 Å². The van der Waals surface area contributed by atoms with E-state index in [2.05, 4.69) is 36.4 Å². The van der Waals surface area contributed by atoms with E-state index in [1.807, 2.05) is 7.05 Å². The minimum absolute atomic E-state index is 0.122. The molecule has 0 bridgehead atoms. The van der Waals surface area contributed by atoms with Gasteiger partial charge in [-0.05, 0) is 51.4 Å². The Labute approximate surface area is 111 Å². The number of rotatable bonds is 6. The molecule has 1 rings (SSSR count). The van der Waals surface area contributed by atoms with Crippen LogP contribution in [0.25, 0.3) is 0 Å². The highest BCUT2D eigenvalue weighted by atomic mass is 16.1. The number of carbonyl (C=O) groups is 1. The molecule has 4 nitrogen and oxygen atoms in total. The zero-order chi connectivity index (χ0) is 13.6. The van der Waals surface area contributed by atoms with Gasteiger partial charge in [0.15, 0.2) is 0 Å². The molecule has 0 aromatic rings. The summed E-state index contributed by atoms with van der Waals surface area (Å²) < 4.78 is 0. The molecule has 0 aromatic heterocycles. The average molecular weight is 255 g/mol. The molecule has 4 heteroatoms. The Bertz CT molecular complexity index is 258. The molecule has 106 valence electrons. The second-order valence-corrected chi connectivity index (χ2v) is 6.42. The van der Waals surface area contributed by atoms with Crippen molar-refractivity contribution in [3.8, 4) is 0 Å². The Morgan fingerprint density at radius 3 is 2.44 bits per heavy atom. The molecule has 0 saturated carbocycles. The van der Waals surface area contributed by atoms with Crippen LogP contribution in [0.3, 0.4) is 0 Å². The molecule has 1 amide bonds. The van der Waals surface area contributed by atoms with Gasteiger partial charge in [0.2, 0.25) is 5.91 Å². The number of hydrogen-bond donors (Lipinski definition) is 2. The predicted octanol–water partition coefficient (Wildman–Crippen LogP) is 1.08. The molecule has 1 aliphatic rings. The molecule has 1 saturated heterocycles. The standard InChI is InChI=1S/C14H29N3O/c1-14(2,10-15-3)11-16-13(18)9-12-5-7-17(4)8-6-12/h12,15H,5-11H2,1-4H3,(H,16,18). The van der Waals surface area contributed by atoms with Crippen LogP contribution in [0, 0.1) is 11.3 Å². The van der Waals surface area contributed by atoms with Crippen molar-refractivity contribution in [3.63, 3.8) is 0 Å². The van der Waals surface area contributed by atoms with Crippen molar-refractivity contribution in [3.05, 3.63) is 0 Å². The van der Waals surface area contributed by atoms with Crippen LogP contribution >= 0.6 is 0 Å². The molecular weight excluding hydrogens is 226 g/mol. The molecule has 1 fully saturated rings. The van der Waals surface area contributed by atoms with Crippen LogP contribution in [0.1, 0.15) is 33.1 Å². The van der Waals surface area contributed by atoms with Gasteiger partial charge in [-0.2, -0.15) is 0 Å². The molecule has 0 unspecified atom stereocenters. The minimum Gasteiger partial charge on any atom is -0.356 e. The lowest BCUT2D eigenvalue weighted by molar-refractivity contribution is -0.122. The highest BCUT2D eigenvalue weighted by molar-refractivity contribution is 5.76. The van der Waals surface area contributed by atoms with Crippen molar-refractivity contribution in [1.82, 2.24) is 15.5 Å². The summed E-state index contributed by atoms with van der Waals surface area (Å²) in [7, 11) is 4.10. The Morgan fingerprint density at radius 2 is 1.89 bits per heavy atom. The largest absolute Gasteiger partial charge is 0.356 e. The van der Waals surface area contributed by atoms with Crippen LogP contribution in [0.15, 0.2) is 0 Å². The van der Waals surface area contributed by atoms with Crippen molar-refractivity contribution in [2.45, 2.75) is 33.1 Å². The number of likely N-dealkylation sites (tertiary alicyclic amines) is 1. The summed E-state index contributed by atoms with van der Waals surface area (Å²) in [6.45, 7) is 8.26. The molecule has 0 atom stereocenters. The second kappa shape index (κ2) is 7.10. The normalized spacial score (nSPS) is 18.9. The van der Waals surface area contributed by atoms with E-state index in [0.29, 0.717) is 12.3 Å². The van der Waals surface area contributed by atoms with Gasteiger partial charge >= 0.3 is 0 Å². The van der Waals surface area contributed by atoms with Crippen LogP contribution < -0.4 is 10.6 Å². The molecule has 2 N–H and O–H groups in total. The lowest BCUT2D eigenvalue weighted by Gasteiger charge is -2.29. The minimum atomic E-state index is 0.122. The van der Waals surface area contributed by atoms with Gasteiger partial charge in [0.25, 0.3) is 0 Å². The first-order valence-corrected chi connectivity index (χ1v) is 7.03. The summed E-state index contributed by atoms with van der Waals surface area (Å²) in [5, 5.41) is 6.23. The zero-order valence-corrected chi connectivity index (χ0v) is 12.4. The van der Waals surface area contributed by atoms with Crippen molar-refractivity contribution >= 4 is 5.91 Å². The van der Waals surface area contributed by atoms with E-state index in [1.165, 1.54) is 0 Å². The van der Waals surface area contributed by atoms with E-state index in [0.717, 1.165) is 39.0 Å². The third kappa shape index (κ3) is 5.83. The fourth-order valence-corrected chi connectivity index (χ4v) is 2.48. The first-order chi connectivity index (χ1) is 8.43. The van der Waals surface area contributed by atoms with E-state index in [-0.39, 0.29) is 11.3 Å². The van der Waals surface area contributed by atoms with Crippen LogP contribution in [0.2, 0.25) is 0 Å². The van der Waals surface area contributed by atoms with Crippen LogP contribution in [0.4, 0.5) is 0 Å². The third-order valence-corrected chi connectivity index (χ3v) is 3.73. The van der Waals surface area contributed by atoms with Gasteiger partial charge in [-0.1, -0.05) is 13.8 Å². The monoisotopic (exact) mass is 255 g/mol. The maximum Gasteiger partial charge on any atom is 0.220 e. The Morgan fingerprint density at radius 1 is 1.28 bits per heavy atom. The van der Waals surface area contributed by atoms with E-state index in [4.69, 9.17) is 0 Å². The number of nitrogens with one attached hydrogen (secondary N) is 2. The maximum absolute atomic E-state index is 11.9. The lowest BCUT2D eigenvalue weighted by atomic mass is 9.92. The Kier molecular flexibility index (Phi) is 6.09. The summed E-state index contributed by atoms with van der Waals surface area (Å²) in [6, 6.07) is 0. The molecule has 0 spiro atoms. The number of carbonyl (C=O) groups excluding carboxylic acids is 1. The van der Waals surface area contributed by atoms with Gasteiger partial charge in [-0.3, -0.25) is 4.79 Å². The molecular formula is C14H29N3O. The maximum atomic E-state index is 11.9. The van der Waals surface area contributed by atoms with E-state index in [9.17, 15) is 4.79 Å². The van der Waals surface area contributed by atoms with E-state index < -0.39 is 0 Å². The summed E-state index contributed by atoms with van der Waals surface area (Å²) in [5.41, 5.74) is 0.122. The smallest absolute Gasteiger partial charge is 0.220 e. The van der Waals surface area contributed by atoms with Crippen LogP contribution in [-0.2, 0) is 4.79 Å².